The zero-order chi connectivity index (χ0) is 14.8. The molecule has 0 unspecified atom stereocenters. The summed E-state index contributed by atoms with van der Waals surface area (Å²) in [6.45, 7) is 0.961. The predicted octanol–water partition coefficient (Wildman–Crippen LogP) is 2.92. The third-order valence-corrected chi connectivity index (χ3v) is 2.97. The molecule has 7 heteroatoms. The van der Waals surface area contributed by atoms with E-state index in [2.05, 4.69) is 15.6 Å². The van der Waals surface area contributed by atoms with Crippen LogP contribution < -0.4 is 20.1 Å². The normalized spacial score (nSPS) is 12.9. The first kappa shape index (κ1) is 13.4. The zero-order valence-electron chi connectivity index (χ0n) is 11.2. The van der Waals surface area contributed by atoms with Crippen molar-refractivity contribution < 1.29 is 18.3 Å². The van der Waals surface area contributed by atoms with Crippen LogP contribution in [0.2, 0.25) is 0 Å². The van der Waals surface area contributed by atoms with E-state index in [0.717, 1.165) is 6.07 Å². The number of anilines is 3. The number of rotatable bonds is 3. The third-order valence-electron chi connectivity index (χ3n) is 2.97. The first-order valence-electron chi connectivity index (χ1n) is 6.38. The van der Waals surface area contributed by atoms with Gasteiger partial charge in [-0.2, -0.15) is 0 Å². The standard InChI is InChI=1S/C14H13F2N3O2/c1-17-13-9(15)7-10(16)14(19-13)18-8-2-3-11-12(6-8)21-5-4-20-11/h2-3,6-7H,4-5H2,1H3,(H2,17,18,19). The molecule has 5 nitrogen and oxygen atoms in total. The van der Waals surface area contributed by atoms with Gasteiger partial charge in [0.1, 0.15) is 13.2 Å². The molecule has 0 atom stereocenters. The fraction of sp³-hybridized carbons (Fsp3) is 0.214. The van der Waals surface area contributed by atoms with E-state index in [1.807, 2.05) is 0 Å². The van der Waals surface area contributed by atoms with Crippen molar-refractivity contribution in [2.75, 3.05) is 30.9 Å². The van der Waals surface area contributed by atoms with E-state index in [0.29, 0.717) is 30.4 Å². The molecular formula is C14H13F2N3O2. The van der Waals surface area contributed by atoms with Crippen molar-refractivity contribution in [3.8, 4) is 11.5 Å². The molecule has 1 aliphatic rings. The molecular weight excluding hydrogens is 280 g/mol. The topological polar surface area (TPSA) is 55.4 Å². The van der Waals surface area contributed by atoms with Gasteiger partial charge in [-0.3, -0.25) is 0 Å². The van der Waals surface area contributed by atoms with Crippen LogP contribution in [0.5, 0.6) is 11.5 Å². The van der Waals surface area contributed by atoms with Gasteiger partial charge in [0.15, 0.2) is 34.8 Å². The Morgan fingerprint density at radius 2 is 1.71 bits per heavy atom. The van der Waals surface area contributed by atoms with E-state index in [1.165, 1.54) is 7.05 Å². The summed E-state index contributed by atoms with van der Waals surface area (Å²) in [7, 11) is 1.51. The van der Waals surface area contributed by atoms with Crippen molar-refractivity contribution in [1.29, 1.82) is 0 Å². The quantitative estimate of drug-likeness (QED) is 0.911. The summed E-state index contributed by atoms with van der Waals surface area (Å²) in [5.41, 5.74) is 0.569. The smallest absolute Gasteiger partial charge is 0.169 e. The summed E-state index contributed by atoms with van der Waals surface area (Å²) in [6, 6.07) is 5.88. The van der Waals surface area contributed by atoms with Crippen LogP contribution >= 0.6 is 0 Å². The largest absolute Gasteiger partial charge is 0.486 e. The second-order valence-corrected chi connectivity index (χ2v) is 4.38. The van der Waals surface area contributed by atoms with Gasteiger partial charge < -0.3 is 20.1 Å². The number of nitrogens with zero attached hydrogens (tertiary/aromatic N) is 1. The number of ether oxygens (including phenoxy) is 2. The molecule has 0 aliphatic carbocycles. The van der Waals surface area contributed by atoms with Crippen molar-refractivity contribution in [3.63, 3.8) is 0 Å². The van der Waals surface area contributed by atoms with Crippen molar-refractivity contribution in [1.82, 2.24) is 4.98 Å². The van der Waals surface area contributed by atoms with Crippen LogP contribution in [-0.4, -0.2) is 25.2 Å². The van der Waals surface area contributed by atoms with Gasteiger partial charge in [-0.05, 0) is 12.1 Å². The van der Waals surface area contributed by atoms with Crippen molar-refractivity contribution in [2.24, 2.45) is 0 Å². The minimum atomic E-state index is -0.776. The molecule has 1 aromatic heterocycles. The Hall–Kier alpha value is -2.57. The lowest BCUT2D eigenvalue weighted by Crippen LogP contribution is -2.15. The highest BCUT2D eigenvalue weighted by atomic mass is 19.1. The first-order chi connectivity index (χ1) is 10.2. The Bertz CT molecular complexity index is 680. The summed E-state index contributed by atoms with van der Waals surface area (Å²) in [5, 5.41) is 5.36. The highest BCUT2D eigenvalue weighted by molar-refractivity contribution is 5.63. The summed E-state index contributed by atoms with van der Waals surface area (Å²) in [5.74, 6) is -0.421. The molecule has 2 aromatic rings. The molecule has 0 saturated heterocycles. The van der Waals surface area contributed by atoms with Crippen LogP contribution in [0.4, 0.5) is 26.1 Å². The van der Waals surface area contributed by atoms with E-state index >= 15 is 0 Å². The average molecular weight is 293 g/mol. The van der Waals surface area contributed by atoms with E-state index in [9.17, 15) is 8.78 Å². The lowest BCUT2D eigenvalue weighted by atomic mass is 10.2. The fourth-order valence-electron chi connectivity index (χ4n) is 1.99. The molecule has 3 rings (SSSR count). The Balaban J connectivity index is 1.90. The number of hydrogen-bond donors (Lipinski definition) is 2. The van der Waals surface area contributed by atoms with Crippen LogP contribution in [0.25, 0.3) is 0 Å². The predicted molar refractivity (Wildman–Crippen MR) is 74.4 cm³/mol. The van der Waals surface area contributed by atoms with Gasteiger partial charge in [0.05, 0.1) is 0 Å². The first-order valence-corrected chi connectivity index (χ1v) is 6.38. The second kappa shape index (κ2) is 5.43. The second-order valence-electron chi connectivity index (χ2n) is 4.38. The minimum absolute atomic E-state index is 0.0311. The van der Waals surface area contributed by atoms with Gasteiger partial charge in [0.25, 0.3) is 0 Å². The Labute approximate surface area is 119 Å². The molecule has 0 spiro atoms. The minimum Gasteiger partial charge on any atom is -0.486 e. The van der Waals surface area contributed by atoms with E-state index in [-0.39, 0.29) is 11.6 Å². The fourth-order valence-corrected chi connectivity index (χ4v) is 1.99. The van der Waals surface area contributed by atoms with Crippen LogP contribution in [0.1, 0.15) is 0 Å². The maximum atomic E-state index is 13.7. The SMILES string of the molecule is CNc1nc(Nc2ccc3c(c2)OCCO3)c(F)cc1F. The lowest BCUT2D eigenvalue weighted by molar-refractivity contribution is 0.171. The Morgan fingerprint density at radius 1 is 1.00 bits per heavy atom. The number of nitrogens with one attached hydrogen (secondary N) is 2. The van der Waals surface area contributed by atoms with Crippen molar-refractivity contribution in [3.05, 3.63) is 35.9 Å². The van der Waals surface area contributed by atoms with Crippen molar-refractivity contribution in [2.45, 2.75) is 0 Å². The number of fused-ring (bicyclic) bond motifs is 1. The van der Waals surface area contributed by atoms with Gasteiger partial charge in [0, 0.05) is 24.9 Å². The summed E-state index contributed by atoms with van der Waals surface area (Å²) in [6.07, 6.45) is 0. The van der Waals surface area contributed by atoms with E-state index < -0.39 is 11.6 Å². The van der Waals surface area contributed by atoms with Gasteiger partial charge in [-0.25, -0.2) is 13.8 Å². The molecule has 0 bridgehead atoms. The third kappa shape index (κ3) is 2.67. The molecule has 0 radical (unpaired) electrons. The van der Waals surface area contributed by atoms with Gasteiger partial charge >= 0.3 is 0 Å². The maximum absolute atomic E-state index is 13.7. The van der Waals surface area contributed by atoms with Crippen LogP contribution in [0, 0.1) is 11.6 Å². The number of benzene rings is 1. The molecule has 1 aromatic carbocycles. The van der Waals surface area contributed by atoms with E-state index in [1.54, 1.807) is 18.2 Å². The number of aromatic nitrogens is 1. The highest BCUT2D eigenvalue weighted by Crippen LogP contribution is 2.34. The molecule has 0 amide bonds. The lowest BCUT2D eigenvalue weighted by Gasteiger charge is -2.19. The molecule has 1 aliphatic heterocycles. The molecule has 21 heavy (non-hydrogen) atoms. The zero-order valence-corrected chi connectivity index (χ0v) is 11.2. The summed E-state index contributed by atoms with van der Waals surface area (Å²) in [4.78, 5) is 3.85. The monoisotopic (exact) mass is 293 g/mol. The Kier molecular flexibility index (Phi) is 3.47. The molecule has 110 valence electrons. The van der Waals surface area contributed by atoms with Gasteiger partial charge in [-0.15, -0.1) is 0 Å². The van der Waals surface area contributed by atoms with Crippen LogP contribution in [0.3, 0.4) is 0 Å². The maximum Gasteiger partial charge on any atom is 0.169 e. The number of hydrogen-bond acceptors (Lipinski definition) is 5. The van der Waals surface area contributed by atoms with Gasteiger partial charge in [-0.1, -0.05) is 0 Å². The Morgan fingerprint density at radius 3 is 2.48 bits per heavy atom. The average Bonchev–Trinajstić information content (AvgIpc) is 2.50. The molecule has 2 heterocycles. The number of halogens is 2. The molecule has 0 saturated carbocycles. The van der Waals surface area contributed by atoms with Crippen LogP contribution in [-0.2, 0) is 0 Å². The van der Waals surface area contributed by atoms with Gasteiger partial charge in [0.2, 0.25) is 0 Å². The summed E-state index contributed by atoms with van der Waals surface area (Å²) < 4.78 is 38.0. The molecule has 2 N–H and O–H groups in total. The number of pyridine rings is 1. The highest BCUT2D eigenvalue weighted by Gasteiger charge is 2.14. The van der Waals surface area contributed by atoms with Crippen LogP contribution in [0.15, 0.2) is 24.3 Å². The molecule has 0 fully saturated rings. The van der Waals surface area contributed by atoms with Crippen molar-refractivity contribution >= 4 is 17.3 Å². The summed E-state index contributed by atoms with van der Waals surface area (Å²) >= 11 is 0. The van der Waals surface area contributed by atoms with E-state index in [4.69, 9.17) is 9.47 Å².